The van der Waals surface area contributed by atoms with Crippen LogP contribution in [0.4, 0.5) is 0 Å². The Balaban J connectivity index is 2.70. The average molecular weight is 291 g/mol. The van der Waals surface area contributed by atoms with E-state index in [0.29, 0.717) is 6.42 Å². The molecule has 0 heterocycles. The zero-order valence-electron chi connectivity index (χ0n) is 13.0. The summed E-state index contributed by atoms with van der Waals surface area (Å²) in [6.07, 6.45) is 2.14. The molecule has 0 fully saturated rings. The van der Waals surface area contributed by atoms with E-state index in [4.69, 9.17) is 0 Å². The fourth-order valence-electron chi connectivity index (χ4n) is 2.56. The molecule has 1 aromatic rings. The molecule has 0 saturated carbocycles. The highest BCUT2D eigenvalue weighted by atomic mass is 16.4. The van der Waals surface area contributed by atoms with Gasteiger partial charge in [-0.15, -0.1) is 0 Å². The lowest BCUT2D eigenvalue weighted by Crippen LogP contribution is -2.45. The van der Waals surface area contributed by atoms with E-state index in [1.807, 2.05) is 37.3 Å². The highest BCUT2D eigenvalue weighted by Gasteiger charge is 2.26. The van der Waals surface area contributed by atoms with Gasteiger partial charge in [0.1, 0.15) is 6.04 Å². The molecule has 0 aliphatic carbocycles. The van der Waals surface area contributed by atoms with E-state index in [9.17, 15) is 14.7 Å². The molecule has 2 unspecified atom stereocenters. The first kappa shape index (κ1) is 17.2. The minimum atomic E-state index is -0.996. The van der Waals surface area contributed by atoms with Crippen LogP contribution in [-0.4, -0.2) is 23.0 Å². The third-order valence-electron chi connectivity index (χ3n) is 4.07. The van der Waals surface area contributed by atoms with Gasteiger partial charge in [-0.1, -0.05) is 63.9 Å². The quantitative estimate of drug-likeness (QED) is 0.774. The maximum absolute atomic E-state index is 12.2. The molecule has 2 atom stereocenters. The molecule has 0 aliphatic rings. The summed E-state index contributed by atoms with van der Waals surface area (Å²) >= 11 is 0. The molecule has 0 radical (unpaired) electrons. The molecule has 0 saturated heterocycles. The van der Waals surface area contributed by atoms with E-state index in [1.165, 1.54) is 0 Å². The van der Waals surface area contributed by atoms with Crippen molar-refractivity contribution < 1.29 is 14.7 Å². The van der Waals surface area contributed by atoms with E-state index in [0.717, 1.165) is 18.4 Å². The number of hydrogen-bond acceptors (Lipinski definition) is 2. The number of aliphatic carboxylic acids is 1. The van der Waals surface area contributed by atoms with Gasteiger partial charge < -0.3 is 10.4 Å². The SMILES string of the molecule is CCC(CC)C(C)C(=O)NC(Cc1ccccc1)C(=O)O. The number of benzene rings is 1. The van der Waals surface area contributed by atoms with Crippen molar-refractivity contribution >= 4 is 11.9 Å². The predicted molar refractivity (Wildman–Crippen MR) is 82.9 cm³/mol. The van der Waals surface area contributed by atoms with Crippen LogP contribution in [0.2, 0.25) is 0 Å². The van der Waals surface area contributed by atoms with Crippen molar-refractivity contribution in [3.8, 4) is 0 Å². The summed E-state index contributed by atoms with van der Waals surface area (Å²) in [4.78, 5) is 23.6. The fraction of sp³-hybridized carbons (Fsp3) is 0.529. The smallest absolute Gasteiger partial charge is 0.326 e. The van der Waals surface area contributed by atoms with Crippen molar-refractivity contribution in [3.05, 3.63) is 35.9 Å². The van der Waals surface area contributed by atoms with Crippen LogP contribution in [0.15, 0.2) is 30.3 Å². The molecule has 0 aromatic heterocycles. The van der Waals surface area contributed by atoms with E-state index in [1.54, 1.807) is 0 Å². The molecule has 1 rings (SSSR count). The van der Waals surface area contributed by atoms with E-state index in [-0.39, 0.29) is 17.7 Å². The molecule has 0 bridgehead atoms. The molecule has 1 amide bonds. The molecular formula is C17H25NO3. The Kier molecular flexibility index (Phi) is 6.92. The van der Waals surface area contributed by atoms with Crippen molar-refractivity contribution in [3.63, 3.8) is 0 Å². The van der Waals surface area contributed by atoms with Crippen LogP contribution in [-0.2, 0) is 16.0 Å². The summed E-state index contributed by atoms with van der Waals surface area (Å²) in [6.45, 7) is 5.97. The van der Waals surface area contributed by atoms with Gasteiger partial charge in [-0.2, -0.15) is 0 Å². The number of nitrogens with one attached hydrogen (secondary N) is 1. The number of hydrogen-bond donors (Lipinski definition) is 2. The topological polar surface area (TPSA) is 66.4 Å². The van der Waals surface area contributed by atoms with Gasteiger partial charge in [-0.05, 0) is 11.5 Å². The summed E-state index contributed by atoms with van der Waals surface area (Å²) in [5.41, 5.74) is 0.903. The molecule has 116 valence electrons. The molecule has 4 heteroatoms. The summed E-state index contributed by atoms with van der Waals surface area (Å²) in [5.74, 6) is -1.05. The zero-order valence-corrected chi connectivity index (χ0v) is 13.0. The first-order chi connectivity index (χ1) is 9.99. The zero-order chi connectivity index (χ0) is 15.8. The molecule has 1 aromatic carbocycles. The van der Waals surface area contributed by atoms with Gasteiger partial charge in [0, 0.05) is 12.3 Å². The second-order valence-electron chi connectivity index (χ2n) is 5.45. The monoisotopic (exact) mass is 291 g/mol. The standard InChI is InChI=1S/C17H25NO3/c1-4-14(5-2)12(3)16(19)18-15(17(20)21)11-13-9-7-6-8-10-13/h6-10,12,14-15H,4-5,11H2,1-3H3,(H,18,19)(H,20,21). The van der Waals surface area contributed by atoms with Crippen LogP contribution >= 0.6 is 0 Å². The minimum absolute atomic E-state index is 0.169. The van der Waals surface area contributed by atoms with Crippen molar-refractivity contribution in [2.45, 2.75) is 46.1 Å². The lowest BCUT2D eigenvalue weighted by molar-refractivity contribution is -0.142. The molecule has 0 spiro atoms. The summed E-state index contributed by atoms with van der Waals surface area (Å²) < 4.78 is 0. The van der Waals surface area contributed by atoms with Gasteiger partial charge in [0.15, 0.2) is 0 Å². The third-order valence-corrected chi connectivity index (χ3v) is 4.07. The van der Waals surface area contributed by atoms with Crippen molar-refractivity contribution in [1.82, 2.24) is 5.32 Å². The molecular weight excluding hydrogens is 266 g/mol. The lowest BCUT2D eigenvalue weighted by atomic mass is 9.88. The van der Waals surface area contributed by atoms with E-state index < -0.39 is 12.0 Å². The maximum Gasteiger partial charge on any atom is 0.326 e. The van der Waals surface area contributed by atoms with Crippen LogP contribution in [0.1, 0.15) is 39.2 Å². The third kappa shape index (κ3) is 5.21. The second-order valence-corrected chi connectivity index (χ2v) is 5.45. The Labute approximate surface area is 126 Å². The fourth-order valence-corrected chi connectivity index (χ4v) is 2.56. The predicted octanol–water partition coefficient (Wildman–Crippen LogP) is 2.87. The van der Waals surface area contributed by atoms with Gasteiger partial charge in [-0.3, -0.25) is 4.79 Å². The first-order valence-corrected chi connectivity index (χ1v) is 7.56. The minimum Gasteiger partial charge on any atom is -0.480 e. The summed E-state index contributed by atoms with van der Waals surface area (Å²) in [7, 11) is 0. The largest absolute Gasteiger partial charge is 0.480 e. The van der Waals surface area contributed by atoms with E-state index in [2.05, 4.69) is 19.2 Å². The molecule has 4 nitrogen and oxygen atoms in total. The summed E-state index contributed by atoms with van der Waals surface area (Å²) in [6, 6.07) is 8.47. The summed E-state index contributed by atoms with van der Waals surface area (Å²) in [5, 5.41) is 12.0. The Morgan fingerprint density at radius 1 is 1.14 bits per heavy atom. The van der Waals surface area contributed by atoms with Gasteiger partial charge in [0.2, 0.25) is 5.91 Å². The van der Waals surface area contributed by atoms with Crippen LogP contribution in [0.25, 0.3) is 0 Å². The molecule has 21 heavy (non-hydrogen) atoms. The van der Waals surface area contributed by atoms with Crippen molar-refractivity contribution in [2.24, 2.45) is 11.8 Å². The maximum atomic E-state index is 12.2. The Hall–Kier alpha value is -1.84. The van der Waals surface area contributed by atoms with Crippen LogP contribution < -0.4 is 5.32 Å². The average Bonchev–Trinajstić information content (AvgIpc) is 2.48. The number of rotatable bonds is 8. The highest BCUT2D eigenvalue weighted by Crippen LogP contribution is 2.19. The Morgan fingerprint density at radius 3 is 2.19 bits per heavy atom. The van der Waals surface area contributed by atoms with Crippen LogP contribution in [0.5, 0.6) is 0 Å². The number of carboxylic acids is 1. The number of carboxylic acid groups (broad SMARTS) is 1. The van der Waals surface area contributed by atoms with Crippen molar-refractivity contribution in [1.29, 1.82) is 0 Å². The number of amides is 1. The van der Waals surface area contributed by atoms with E-state index >= 15 is 0 Å². The van der Waals surface area contributed by atoms with Crippen LogP contribution in [0.3, 0.4) is 0 Å². The Morgan fingerprint density at radius 2 is 1.71 bits per heavy atom. The number of carbonyl (C=O) groups excluding carboxylic acids is 1. The first-order valence-electron chi connectivity index (χ1n) is 7.56. The van der Waals surface area contributed by atoms with Gasteiger partial charge in [0.25, 0.3) is 0 Å². The normalized spacial score (nSPS) is 13.7. The van der Waals surface area contributed by atoms with Gasteiger partial charge >= 0.3 is 5.97 Å². The van der Waals surface area contributed by atoms with Crippen molar-refractivity contribution in [2.75, 3.05) is 0 Å². The highest BCUT2D eigenvalue weighted by molar-refractivity contribution is 5.85. The molecule has 0 aliphatic heterocycles. The lowest BCUT2D eigenvalue weighted by Gasteiger charge is -2.23. The van der Waals surface area contributed by atoms with Gasteiger partial charge in [0.05, 0.1) is 0 Å². The number of carbonyl (C=O) groups is 2. The van der Waals surface area contributed by atoms with Gasteiger partial charge in [-0.25, -0.2) is 4.79 Å². The van der Waals surface area contributed by atoms with Crippen LogP contribution in [0, 0.1) is 11.8 Å². The Bertz CT molecular complexity index is 454. The molecule has 2 N–H and O–H groups in total. The second kappa shape index (κ2) is 8.45.